The Morgan fingerprint density at radius 2 is 1.82 bits per heavy atom. The van der Waals surface area contributed by atoms with E-state index in [9.17, 15) is 4.21 Å². The van der Waals surface area contributed by atoms with Crippen LogP contribution in [0.15, 0.2) is 0 Å². The molecule has 0 heterocycles. The molecular formula is C8H17IOS. The Balaban J connectivity index is 3.54. The van der Waals surface area contributed by atoms with Crippen LogP contribution in [0.4, 0.5) is 0 Å². The fourth-order valence-corrected chi connectivity index (χ4v) is 2.25. The molecule has 0 radical (unpaired) electrons. The van der Waals surface area contributed by atoms with Crippen LogP contribution >= 0.6 is 22.6 Å². The van der Waals surface area contributed by atoms with Crippen LogP contribution in [0.3, 0.4) is 0 Å². The summed E-state index contributed by atoms with van der Waals surface area (Å²) in [5.74, 6) is 0.868. The molecule has 0 aromatic heterocycles. The molecule has 0 aliphatic heterocycles. The molecule has 1 nitrogen and oxygen atoms in total. The molecule has 1 unspecified atom stereocenters. The Bertz CT molecular complexity index is 129. The van der Waals surface area contributed by atoms with Crippen molar-refractivity contribution < 1.29 is 4.21 Å². The number of alkyl halides is 1. The topological polar surface area (TPSA) is 17.1 Å². The Morgan fingerprint density at radius 3 is 2.18 bits per heavy atom. The third kappa shape index (κ3) is 6.08. The third-order valence-electron chi connectivity index (χ3n) is 1.40. The van der Waals surface area contributed by atoms with Crippen molar-refractivity contribution in [1.29, 1.82) is 0 Å². The number of hydrogen-bond acceptors (Lipinski definition) is 1. The summed E-state index contributed by atoms with van der Waals surface area (Å²) in [5.41, 5.74) is 0. The van der Waals surface area contributed by atoms with Crippen molar-refractivity contribution in [2.75, 3.05) is 10.2 Å². The van der Waals surface area contributed by atoms with E-state index in [1.807, 2.05) is 20.8 Å². The lowest BCUT2D eigenvalue weighted by Crippen LogP contribution is -2.23. The van der Waals surface area contributed by atoms with Crippen LogP contribution in [-0.4, -0.2) is 19.1 Å². The molecule has 0 saturated carbocycles. The van der Waals surface area contributed by atoms with Gasteiger partial charge in [-0.2, -0.15) is 0 Å². The Hall–Kier alpha value is 0.880. The van der Waals surface area contributed by atoms with Crippen LogP contribution in [0.2, 0.25) is 0 Å². The number of halogens is 1. The molecule has 1 atom stereocenters. The molecule has 11 heavy (non-hydrogen) atoms. The largest absolute Gasteiger partial charge is 0.259 e. The van der Waals surface area contributed by atoms with E-state index in [1.54, 1.807) is 0 Å². The molecule has 0 saturated heterocycles. The van der Waals surface area contributed by atoms with E-state index in [0.717, 1.165) is 12.2 Å². The van der Waals surface area contributed by atoms with Gasteiger partial charge in [0, 0.05) is 21.3 Å². The van der Waals surface area contributed by atoms with Crippen molar-refractivity contribution >= 4 is 33.4 Å². The summed E-state index contributed by atoms with van der Waals surface area (Å²) in [4.78, 5) is 0. The summed E-state index contributed by atoms with van der Waals surface area (Å²) in [6, 6.07) is 0. The summed E-state index contributed by atoms with van der Waals surface area (Å²) >= 11 is 2.36. The Kier molecular flexibility index (Phi) is 5.95. The maximum Gasteiger partial charge on any atom is 0.0375 e. The van der Waals surface area contributed by atoms with Gasteiger partial charge in [0.2, 0.25) is 0 Å². The van der Waals surface area contributed by atoms with Gasteiger partial charge < -0.3 is 0 Å². The first-order chi connectivity index (χ1) is 4.98. The lowest BCUT2D eigenvalue weighted by Gasteiger charge is -2.17. The molecule has 0 amide bonds. The predicted octanol–water partition coefficient (Wildman–Crippen LogP) is 2.75. The molecule has 0 spiro atoms. The van der Waals surface area contributed by atoms with E-state index in [4.69, 9.17) is 0 Å². The molecule has 0 aromatic carbocycles. The van der Waals surface area contributed by atoms with Crippen LogP contribution in [0.5, 0.6) is 0 Å². The standard InChI is InChI=1S/C8H17IOS/c1-8(2,3)11(10)7-5-4-6-9/h4-7H2,1-3H3. The summed E-state index contributed by atoms with van der Waals surface area (Å²) in [6.07, 6.45) is 2.30. The fourth-order valence-electron chi connectivity index (χ4n) is 0.634. The van der Waals surface area contributed by atoms with Crippen molar-refractivity contribution in [2.45, 2.75) is 38.4 Å². The van der Waals surface area contributed by atoms with E-state index < -0.39 is 10.8 Å². The van der Waals surface area contributed by atoms with Crippen molar-refractivity contribution in [3.8, 4) is 0 Å². The van der Waals surface area contributed by atoms with E-state index in [1.165, 1.54) is 10.8 Å². The fraction of sp³-hybridized carbons (Fsp3) is 1.00. The SMILES string of the molecule is CC(C)(C)S(=O)CCCCI. The Labute approximate surface area is 85.9 Å². The highest BCUT2D eigenvalue weighted by Gasteiger charge is 2.17. The third-order valence-corrected chi connectivity index (χ3v) is 4.18. The second-order valence-electron chi connectivity index (χ2n) is 3.56. The minimum Gasteiger partial charge on any atom is -0.259 e. The highest BCUT2D eigenvalue weighted by Crippen LogP contribution is 2.12. The zero-order valence-corrected chi connectivity index (χ0v) is 10.5. The smallest absolute Gasteiger partial charge is 0.0375 e. The van der Waals surface area contributed by atoms with Gasteiger partial charge in [-0.25, -0.2) is 0 Å². The number of unbranched alkanes of at least 4 members (excludes halogenated alkanes) is 1. The van der Waals surface area contributed by atoms with Gasteiger partial charge >= 0.3 is 0 Å². The van der Waals surface area contributed by atoms with Gasteiger partial charge in [-0.05, 0) is 38.0 Å². The molecule has 0 aliphatic rings. The van der Waals surface area contributed by atoms with E-state index in [2.05, 4.69) is 22.6 Å². The zero-order chi connectivity index (χ0) is 8.91. The zero-order valence-electron chi connectivity index (χ0n) is 7.52. The lowest BCUT2D eigenvalue weighted by molar-refractivity contribution is 0.645. The summed E-state index contributed by atoms with van der Waals surface area (Å²) in [6.45, 7) is 6.10. The number of rotatable bonds is 4. The van der Waals surface area contributed by atoms with Gasteiger partial charge in [0.1, 0.15) is 0 Å². The van der Waals surface area contributed by atoms with Gasteiger partial charge in [0.05, 0.1) is 0 Å². The van der Waals surface area contributed by atoms with E-state index >= 15 is 0 Å². The van der Waals surface area contributed by atoms with Crippen LogP contribution in [0.1, 0.15) is 33.6 Å². The van der Waals surface area contributed by atoms with Crippen molar-refractivity contribution in [3.63, 3.8) is 0 Å². The molecule has 3 heteroatoms. The van der Waals surface area contributed by atoms with E-state index in [0.29, 0.717) is 0 Å². The van der Waals surface area contributed by atoms with Crippen LogP contribution < -0.4 is 0 Å². The molecule has 68 valence electrons. The summed E-state index contributed by atoms with van der Waals surface area (Å²) in [7, 11) is -0.642. The van der Waals surface area contributed by atoms with Gasteiger partial charge in [-0.3, -0.25) is 4.21 Å². The first-order valence-corrected chi connectivity index (χ1v) is 6.77. The van der Waals surface area contributed by atoms with Crippen LogP contribution in [0, 0.1) is 0 Å². The predicted molar refractivity (Wildman–Crippen MR) is 60.9 cm³/mol. The minimum absolute atomic E-state index is 0.0225. The second-order valence-corrected chi connectivity index (χ2v) is 6.96. The molecule has 0 N–H and O–H groups in total. The highest BCUT2D eigenvalue weighted by molar-refractivity contribution is 14.1. The summed E-state index contributed by atoms with van der Waals surface area (Å²) in [5, 5.41) is 0. The van der Waals surface area contributed by atoms with Gasteiger partial charge in [-0.15, -0.1) is 0 Å². The van der Waals surface area contributed by atoms with Gasteiger partial charge in [-0.1, -0.05) is 22.6 Å². The van der Waals surface area contributed by atoms with Gasteiger partial charge in [0.25, 0.3) is 0 Å². The molecule has 0 bridgehead atoms. The maximum atomic E-state index is 11.4. The monoisotopic (exact) mass is 288 g/mol. The first kappa shape index (κ1) is 11.9. The van der Waals surface area contributed by atoms with E-state index in [-0.39, 0.29) is 4.75 Å². The first-order valence-electron chi connectivity index (χ1n) is 3.93. The average molecular weight is 288 g/mol. The molecule has 0 aliphatic carbocycles. The normalized spacial score (nSPS) is 14.9. The Morgan fingerprint density at radius 1 is 1.27 bits per heavy atom. The lowest BCUT2D eigenvalue weighted by atomic mass is 10.3. The van der Waals surface area contributed by atoms with Crippen LogP contribution in [0.25, 0.3) is 0 Å². The highest BCUT2D eigenvalue weighted by atomic mass is 127. The molecule has 0 rings (SSSR count). The average Bonchev–Trinajstić information content (AvgIpc) is 1.86. The molecular weight excluding hydrogens is 271 g/mol. The van der Waals surface area contributed by atoms with Crippen molar-refractivity contribution in [2.24, 2.45) is 0 Å². The van der Waals surface area contributed by atoms with Gasteiger partial charge in [0.15, 0.2) is 0 Å². The van der Waals surface area contributed by atoms with Crippen molar-refractivity contribution in [1.82, 2.24) is 0 Å². The molecule has 0 fully saturated rings. The van der Waals surface area contributed by atoms with Crippen LogP contribution in [-0.2, 0) is 10.8 Å². The minimum atomic E-state index is -0.642. The number of hydrogen-bond donors (Lipinski definition) is 0. The summed E-state index contributed by atoms with van der Waals surface area (Å²) < 4.78 is 12.6. The van der Waals surface area contributed by atoms with Crippen molar-refractivity contribution in [3.05, 3.63) is 0 Å². The second kappa shape index (κ2) is 5.51. The quantitative estimate of drug-likeness (QED) is 0.441. The maximum absolute atomic E-state index is 11.4. The molecule has 0 aromatic rings.